The maximum Gasteiger partial charge on any atom is 0.230 e. The van der Waals surface area contributed by atoms with E-state index in [0.29, 0.717) is 13.0 Å². The van der Waals surface area contributed by atoms with E-state index in [1.807, 2.05) is 30.3 Å². The molecule has 0 aliphatic carbocycles. The summed E-state index contributed by atoms with van der Waals surface area (Å²) in [5.74, 6) is 0.656. The van der Waals surface area contributed by atoms with Crippen molar-refractivity contribution in [2.75, 3.05) is 20.2 Å². The van der Waals surface area contributed by atoms with E-state index in [2.05, 4.69) is 0 Å². The van der Waals surface area contributed by atoms with E-state index in [-0.39, 0.29) is 18.4 Å². The summed E-state index contributed by atoms with van der Waals surface area (Å²) in [5, 5.41) is 8.57. The van der Waals surface area contributed by atoms with Crippen molar-refractivity contribution >= 4 is 5.91 Å². The maximum absolute atomic E-state index is 12.0. The van der Waals surface area contributed by atoms with Gasteiger partial charge in [-0.25, -0.2) is 0 Å². The summed E-state index contributed by atoms with van der Waals surface area (Å²) in [6, 6.07) is 9.71. The van der Waals surface area contributed by atoms with Crippen molar-refractivity contribution < 1.29 is 9.53 Å². The molecule has 4 nitrogen and oxygen atoms in total. The van der Waals surface area contributed by atoms with Gasteiger partial charge in [0.2, 0.25) is 5.91 Å². The number of hydrogen-bond acceptors (Lipinski definition) is 3. The van der Waals surface area contributed by atoms with E-state index in [0.717, 1.165) is 11.3 Å². The number of para-hydroxylation sites is 1. The summed E-state index contributed by atoms with van der Waals surface area (Å²) in [7, 11) is 1.64. The summed E-state index contributed by atoms with van der Waals surface area (Å²) in [4.78, 5) is 13.4. The summed E-state index contributed by atoms with van der Waals surface area (Å²) in [6.45, 7) is 0.516. The van der Waals surface area contributed by atoms with Crippen molar-refractivity contribution in [3.8, 4) is 11.8 Å². The molecule has 1 aliphatic heterocycles. The topological polar surface area (TPSA) is 53.3 Å². The van der Waals surface area contributed by atoms with Gasteiger partial charge in [-0.05, 0) is 18.1 Å². The van der Waals surface area contributed by atoms with Gasteiger partial charge < -0.3 is 9.64 Å². The van der Waals surface area contributed by atoms with E-state index in [9.17, 15) is 4.79 Å². The minimum atomic E-state index is -0.178. The van der Waals surface area contributed by atoms with Crippen LogP contribution in [0.25, 0.3) is 0 Å². The quantitative estimate of drug-likeness (QED) is 0.718. The van der Waals surface area contributed by atoms with Gasteiger partial charge in [0.05, 0.1) is 12.0 Å². The molecule has 0 N–H and O–H groups in total. The molecule has 17 heavy (non-hydrogen) atoms. The molecule has 88 valence electrons. The van der Waals surface area contributed by atoms with Crippen LogP contribution in [-0.2, 0) is 11.2 Å². The molecule has 0 aromatic heterocycles. The van der Waals surface area contributed by atoms with E-state index >= 15 is 0 Å². The van der Waals surface area contributed by atoms with Crippen LogP contribution in [0.3, 0.4) is 0 Å². The highest BCUT2D eigenvalue weighted by Gasteiger charge is 2.27. The second-order valence-corrected chi connectivity index (χ2v) is 4.17. The maximum atomic E-state index is 12.0. The van der Waals surface area contributed by atoms with Crippen molar-refractivity contribution in [3.05, 3.63) is 29.8 Å². The number of carbonyl (C=O) groups is 1. The fourth-order valence-electron chi connectivity index (χ4n) is 1.98. The van der Waals surface area contributed by atoms with Gasteiger partial charge in [-0.2, -0.15) is 5.26 Å². The van der Waals surface area contributed by atoms with Crippen LogP contribution in [0.1, 0.15) is 5.56 Å². The van der Waals surface area contributed by atoms with Crippen LogP contribution < -0.4 is 4.74 Å². The molecule has 4 heteroatoms. The summed E-state index contributed by atoms with van der Waals surface area (Å²) in [6.07, 6.45) is 0.685. The molecule has 1 atom stereocenters. The average Bonchev–Trinajstić information content (AvgIpc) is 2.37. The van der Waals surface area contributed by atoms with Gasteiger partial charge in [-0.15, -0.1) is 0 Å². The molecule has 1 aromatic rings. The van der Waals surface area contributed by atoms with Gasteiger partial charge in [0, 0.05) is 7.05 Å². The van der Waals surface area contributed by atoms with Crippen molar-refractivity contribution in [2.45, 2.75) is 6.42 Å². The lowest BCUT2D eigenvalue weighted by Crippen LogP contribution is -2.38. The molecule has 0 spiro atoms. The first-order valence-electron chi connectivity index (χ1n) is 5.55. The van der Waals surface area contributed by atoms with E-state index in [4.69, 9.17) is 10.00 Å². The predicted octanol–water partition coefficient (Wildman–Crippen LogP) is 1.22. The lowest BCUT2D eigenvalue weighted by molar-refractivity contribution is -0.134. The lowest BCUT2D eigenvalue weighted by Gasteiger charge is -2.27. The number of nitrogens with zero attached hydrogens (tertiary/aromatic N) is 2. The highest BCUT2D eigenvalue weighted by Crippen LogP contribution is 2.27. The number of rotatable bonds is 2. The molecule has 0 radical (unpaired) electrons. The molecule has 0 saturated heterocycles. The number of fused-ring (bicyclic) bond motifs is 1. The Bertz CT molecular complexity index is 465. The molecular formula is C13H14N2O2. The first-order valence-corrected chi connectivity index (χ1v) is 5.55. The Labute approximate surface area is 100 Å². The second-order valence-electron chi connectivity index (χ2n) is 4.17. The number of hydrogen-bond donors (Lipinski definition) is 0. The Morgan fingerprint density at radius 3 is 3.12 bits per heavy atom. The van der Waals surface area contributed by atoms with Crippen LogP contribution in [-0.4, -0.2) is 31.0 Å². The fraction of sp³-hybridized carbons (Fsp3) is 0.385. The van der Waals surface area contributed by atoms with Gasteiger partial charge >= 0.3 is 0 Å². The van der Waals surface area contributed by atoms with Crippen molar-refractivity contribution in [2.24, 2.45) is 5.92 Å². The zero-order valence-electron chi connectivity index (χ0n) is 9.72. The predicted molar refractivity (Wildman–Crippen MR) is 62.4 cm³/mol. The Kier molecular flexibility index (Phi) is 3.29. The van der Waals surface area contributed by atoms with Crippen LogP contribution in [0.4, 0.5) is 0 Å². The summed E-state index contributed by atoms with van der Waals surface area (Å²) in [5.41, 5.74) is 1.06. The minimum Gasteiger partial charge on any atom is -0.492 e. The molecule has 1 aromatic carbocycles. The third-order valence-corrected chi connectivity index (χ3v) is 2.91. The standard InChI is InChI=1S/C13H14N2O2/c1-15(7-6-14)13(16)11-8-10-4-2-3-5-12(10)17-9-11/h2-5,11H,7-9H2,1H3. The number of benzene rings is 1. The number of carbonyl (C=O) groups excluding carboxylic acids is 1. The largest absolute Gasteiger partial charge is 0.492 e. The van der Waals surface area contributed by atoms with Gasteiger partial charge in [-0.1, -0.05) is 18.2 Å². The van der Waals surface area contributed by atoms with Crippen LogP contribution in [0, 0.1) is 17.2 Å². The molecule has 1 unspecified atom stereocenters. The third-order valence-electron chi connectivity index (χ3n) is 2.91. The van der Waals surface area contributed by atoms with Crippen LogP contribution >= 0.6 is 0 Å². The highest BCUT2D eigenvalue weighted by molar-refractivity contribution is 5.79. The molecule has 0 saturated carbocycles. The molecular weight excluding hydrogens is 216 g/mol. The fourth-order valence-corrected chi connectivity index (χ4v) is 1.98. The normalized spacial score (nSPS) is 17.5. The summed E-state index contributed by atoms with van der Waals surface area (Å²) >= 11 is 0. The Balaban J connectivity index is 2.08. The van der Waals surface area contributed by atoms with Gasteiger partial charge in [0.15, 0.2) is 0 Å². The monoisotopic (exact) mass is 230 g/mol. The lowest BCUT2D eigenvalue weighted by atomic mass is 9.95. The molecule has 1 amide bonds. The Morgan fingerprint density at radius 1 is 1.59 bits per heavy atom. The first-order chi connectivity index (χ1) is 8.22. The number of amides is 1. The van der Waals surface area contributed by atoms with Gasteiger partial charge in [0.1, 0.15) is 18.9 Å². The molecule has 2 rings (SSSR count). The Hall–Kier alpha value is -2.02. The molecule has 0 fully saturated rings. The smallest absolute Gasteiger partial charge is 0.230 e. The highest BCUT2D eigenvalue weighted by atomic mass is 16.5. The SMILES string of the molecule is CN(CC#N)C(=O)C1COc2ccccc2C1. The molecule has 1 heterocycles. The third kappa shape index (κ3) is 2.39. The Morgan fingerprint density at radius 2 is 2.35 bits per heavy atom. The van der Waals surface area contributed by atoms with Gasteiger partial charge in [0.25, 0.3) is 0 Å². The van der Waals surface area contributed by atoms with E-state index in [1.54, 1.807) is 7.05 Å². The van der Waals surface area contributed by atoms with Crippen LogP contribution in [0.5, 0.6) is 5.75 Å². The number of nitriles is 1. The zero-order valence-corrected chi connectivity index (χ0v) is 9.72. The zero-order chi connectivity index (χ0) is 12.3. The molecule has 1 aliphatic rings. The van der Waals surface area contributed by atoms with Crippen molar-refractivity contribution in [1.29, 1.82) is 5.26 Å². The minimum absolute atomic E-state index is 0.0268. The van der Waals surface area contributed by atoms with Crippen molar-refractivity contribution in [1.82, 2.24) is 4.90 Å². The van der Waals surface area contributed by atoms with E-state index in [1.165, 1.54) is 4.90 Å². The van der Waals surface area contributed by atoms with Crippen molar-refractivity contribution in [3.63, 3.8) is 0 Å². The average molecular weight is 230 g/mol. The van der Waals surface area contributed by atoms with Gasteiger partial charge in [-0.3, -0.25) is 4.79 Å². The van der Waals surface area contributed by atoms with E-state index < -0.39 is 0 Å². The first kappa shape index (κ1) is 11.5. The summed E-state index contributed by atoms with van der Waals surface area (Å²) < 4.78 is 5.56. The second kappa shape index (κ2) is 4.88. The molecule has 0 bridgehead atoms. The number of ether oxygens (including phenoxy) is 1. The van der Waals surface area contributed by atoms with Crippen LogP contribution in [0.15, 0.2) is 24.3 Å². The van der Waals surface area contributed by atoms with Crippen LogP contribution in [0.2, 0.25) is 0 Å².